The molecule has 16 heavy (non-hydrogen) atoms. The van der Waals surface area contributed by atoms with Crippen molar-refractivity contribution in [3.05, 3.63) is 30.5 Å². The van der Waals surface area contributed by atoms with E-state index >= 15 is 0 Å². The van der Waals surface area contributed by atoms with Crippen molar-refractivity contribution in [1.82, 2.24) is 15.0 Å². The van der Waals surface area contributed by atoms with Crippen molar-refractivity contribution in [1.29, 1.82) is 0 Å². The number of primary sulfonamides is 1. The van der Waals surface area contributed by atoms with Crippen molar-refractivity contribution in [2.45, 2.75) is 9.92 Å². The predicted octanol–water partition coefficient (Wildman–Crippen LogP) is 0.203. The van der Waals surface area contributed by atoms with Crippen LogP contribution in [0.3, 0.4) is 0 Å². The maximum Gasteiger partial charge on any atom is 0.238 e. The topological polar surface area (TPSA) is 90.9 Å². The van der Waals surface area contributed by atoms with Gasteiger partial charge in [0.2, 0.25) is 10.0 Å². The van der Waals surface area contributed by atoms with Crippen LogP contribution in [0.4, 0.5) is 0 Å². The summed E-state index contributed by atoms with van der Waals surface area (Å²) in [4.78, 5) is 0.0578. The number of aromatic nitrogens is 3. The Hall–Kier alpha value is -1.38. The van der Waals surface area contributed by atoms with Crippen LogP contribution >= 0.6 is 12.6 Å². The Bertz CT molecular complexity index is 603. The van der Waals surface area contributed by atoms with Crippen molar-refractivity contribution in [3.63, 3.8) is 0 Å². The number of rotatable bonds is 2. The zero-order chi connectivity index (χ0) is 11.8. The van der Waals surface area contributed by atoms with E-state index in [0.29, 0.717) is 10.7 Å². The molecule has 0 radical (unpaired) electrons. The summed E-state index contributed by atoms with van der Waals surface area (Å²) in [7, 11) is -3.66. The largest absolute Gasteiger partial charge is 0.238 e. The molecule has 0 unspecified atom stereocenters. The predicted molar refractivity (Wildman–Crippen MR) is 60.0 cm³/mol. The minimum Gasteiger partial charge on any atom is -0.225 e. The van der Waals surface area contributed by atoms with Crippen LogP contribution in [0.1, 0.15) is 0 Å². The summed E-state index contributed by atoms with van der Waals surface area (Å²) in [6.45, 7) is 0. The third-order valence-corrected chi connectivity index (χ3v) is 3.05. The zero-order valence-electron chi connectivity index (χ0n) is 7.98. The summed E-state index contributed by atoms with van der Waals surface area (Å²) >= 11 is 4.01. The smallest absolute Gasteiger partial charge is 0.225 e. The van der Waals surface area contributed by atoms with Crippen LogP contribution in [0.15, 0.2) is 40.4 Å². The Morgan fingerprint density at radius 2 is 1.88 bits per heavy atom. The molecule has 0 aliphatic rings. The molecule has 2 rings (SSSR count). The van der Waals surface area contributed by atoms with Crippen molar-refractivity contribution in [2.24, 2.45) is 5.14 Å². The minimum atomic E-state index is -3.66. The van der Waals surface area contributed by atoms with Gasteiger partial charge < -0.3 is 0 Å². The summed E-state index contributed by atoms with van der Waals surface area (Å²) < 4.78 is 23.5. The van der Waals surface area contributed by atoms with Crippen molar-refractivity contribution in [3.8, 4) is 5.69 Å². The number of benzene rings is 1. The average Bonchev–Trinajstić information content (AvgIpc) is 2.64. The molecule has 1 aromatic heterocycles. The second-order valence-corrected chi connectivity index (χ2v) is 5.08. The van der Waals surface area contributed by atoms with Crippen LogP contribution in [0.5, 0.6) is 0 Å². The van der Waals surface area contributed by atoms with Gasteiger partial charge in [-0.3, -0.25) is 0 Å². The lowest BCUT2D eigenvalue weighted by atomic mass is 10.3. The van der Waals surface area contributed by atoms with E-state index < -0.39 is 10.0 Å². The lowest BCUT2D eigenvalue weighted by Crippen LogP contribution is -2.12. The first-order valence-electron chi connectivity index (χ1n) is 4.21. The highest BCUT2D eigenvalue weighted by Gasteiger charge is 2.07. The zero-order valence-corrected chi connectivity index (χ0v) is 9.69. The molecule has 8 heteroatoms. The van der Waals surface area contributed by atoms with Gasteiger partial charge in [-0.1, -0.05) is 5.21 Å². The molecule has 0 fully saturated rings. The van der Waals surface area contributed by atoms with Gasteiger partial charge in [-0.05, 0) is 24.3 Å². The van der Waals surface area contributed by atoms with E-state index in [-0.39, 0.29) is 4.90 Å². The maximum absolute atomic E-state index is 11.0. The number of nitrogens with zero attached hydrogens (tertiary/aromatic N) is 3. The maximum atomic E-state index is 11.0. The fourth-order valence-corrected chi connectivity index (χ4v) is 1.83. The molecule has 0 amide bonds. The van der Waals surface area contributed by atoms with Gasteiger partial charge in [-0.25, -0.2) is 18.2 Å². The molecule has 0 bridgehead atoms. The highest BCUT2D eigenvalue weighted by molar-refractivity contribution is 7.89. The number of nitrogens with two attached hydrogens (primary N) is 1. The first-order chi connectivity index (χ1) is 7.47. The Labute approximate surface area is 97.5 Å². The van der Waals surface area contributed by atoms with E-state index in [2.05, 4.69) is 22.9 Å². The van der Waals surface area contributed by atoms with Gasteiger partial charge in [0, 0.05) is 0 Å². The number of hydrogen-bond donors (Lipinski definition) is 2. The van der Waals surface area contributed by atoms with E-state index in [1.54, 1.807) is 18.3 Å². The molecule has 2 aromatic rings. The summed E-state index contributed by atoms with van der Waals surface area (Å²) in [5, 5.41) is 12.9. The molecule has 2 N–H and O–H groups in total. The number of sulfonamides is 1. The second-order valence-electron chi connectivity index (χ2n) is 3.06. The van der Waals surface area contributed by atoms with Crippen molar-refractivity contribution in [2.75, 3.05) is 0 Å². The monoisotopic (exact) mass is 256 g/mol. The van der Waals surface area contributed by atoms with E-state index in [0.717, 1.165) is 0 Å². The second kappa shape index (κ2) is 3.89. The summed E-state index contributed by atoms with van der Waals surface area (Å²) in [5.74, 6) is 0. The molecule has 0 atom stereocenters. The van der Waals surface area contributed by atoms with Gasteiger partial charge in [0.25, 0.3) is 0 Å². The van der Waals surface area contributed by atoms with E-state index in [9.17, 15) is 8.42 Å². The van der Waals surface area contributed by atoms with Gasteiger partial charge in [0.1, 0.15) is 5.03 Å². The van der Waals surface area contributed by atoms with Crippen LogP contribution in [0.25, 0.3) is 5.69 Å². The van der Waals surface area contributed by atoms with Gasteiger partial charge in [0.05, 0.1) is 16.8 Å². The molecule has 1 aromatic carbocycles. The van der Waals surface area contributed by atoms with E-state index in [1.165, 1.54) is 16.8 Å². The van der Waals surface area contributed by atoms with E-state index in [1.807, 2.05) is 0 Å². The molecule has 0 aliphatic heterocycles. The Morgan fingerprint density at radius 3 is 2.31 bits per heavy atom. The van der Waals surface area contributed by atoms with Crippen molar-refractivity contribution >= 4 is 22.7 Å². The normalized spacial score (nSPS) is 11.6. The first kappa shape index (κ1) is 11.1. The minimum absolute atomic E-state index is 0.0578. The van der Waals surface area contributed by atoms with Gasteiger partial charge in [-0.2, -0.15) is 0 Å². The molecule has 6 nitrogen and oxygen atoms in total. The first-order valence-corrected chi connectivity index (χ1v) is 6.21. The molecular formula is C8H8N4O2S2. The van der Waals surface area contributed by atoms with Gasteiger partial charge >= 0.3 is 0 Å². The van der Waals surface area contributed by atoms with Crippen LogP contribution < -0.4 is 5.14 Å². The Morgan fingerprint density at radius 1 is 1.25 bits per heavy atom. The lowest BCUT2D eigenvalue weighted by Gasteiger charge is -2.01. The molecule has 84 valence electrons. The molecule has 0 saturated heterocycles. The van der Waals surface area contributed by atoms with Crippen LogP contribution in [0.2, 0.25) is 0 Å². The average molecular weight is 256 g/mol. The summed E-state index contributed by atoms with van der Waals surface area (Å²) in [6.07, 6.45) is 1.61. The summed E-state index contributed by atoms with van der Waals surface area (Å²) in [6, 6.07) is 5.98. The number of thiol groups is 1. The SMILES string of the molecule is NS(=O)(=O)c1ccc(-n2cc(S)nn2)cc1. The lowest BCUT2D eigenvalue weighted by molar-refractivity contribution is 0.598. The molecule has 0 aliphatic carbocycles. The van der Waals surface area contributed by atoms with Crippen molar-refractivity contribution < 1.29 is 8.42 Å². The third-order valence-electron chi connectivity index (χ3n) is 1.91. The Balaban J connectivity index is 2.40. The molecule has 0 spiro atoms. The standard InChI is InChI=1S/C8H8N4O2S2/c9-16(13,14)7-3-1-6(2-4-7)12-5-8(15)10-11-12/h1-5,15H,(H2,9,13,14). The molecule has 1 heterocycles. The highest BCUT2D eigenvalue weighted by atomic mass is 32.2. The summed E-state index contributed by atoms with van der Waals surface area (Å²) in [5.41, 5.74) is 0.681. The highest BCUT2D eigenvalue weighted by Crippen LogP contribution is 2.12. The molecule has 0 saturated carbocycles. The number of hydrogen-bond acceptors (Lipinski definition) is 5. The fourth-order valence-electron chi connectivity index (χ4n) is 1.17. The molecular weight excluding hydrogens is 248 g/mol. The Kier molecular flexibility index (Phi) is 2.70. The fraction of sp³-hybridized carbons (Fsp3) is 0. The van der Waals surface area contributed by atoms with Crippen LogP contribution in [-0.2, 0) is 10.0 Å². The van der Waals surface area contributed by atoms with Crippen LogP contribution in [0, 0.1) is 0 Å². The van der Waals surface area contributed by atoms with Gasteiger partial charge in [0.15, 0.2) is 0 Å². The van der Waals surface area contributed by atoms with Crippen LogP contribution in [-0.4, -0.2) is 23.4 Å². The third kappa shape index (κ3) is 2.23. The van der Waals surface area contributed by atoms with E-state index in [4.69, 9.17) is 5.14 Å². The van der Waals surface area contributed by atoms with Gasteiger partial charge in [-0.15, -0.1) is 17.7 Å². The quantitative estimate of drug-likeness (QED) is 0.751.